The van der Waals surface area contributed by atoms with Gasteiger partial charge in [-0.2, -0.15) is 0 Å². The number of hydrogen-bond donors (Lipinski definition) is 1. The quantitative estimate of drug-likeness (QED) is 0.827. The highest BCUT2D eigenvalue weighted by atomic mass is 19.1. The summed E-state index contributed by atoms with van der Waals surface area (Å²) in [6.07, 6.45) is 1.65. The van der Waals surface area contributed by atoms with Crippen LogP contribution in [-0.2, 0) is 4.74 Å². The minimum atomic E-state index is -0.462. The molecule has 0 spiro atoms. The van der Waals surface area contributed by atoms with Gasteiger partial charge >= 0.3 is 6.09 Å². The normalized spacial score (nSPS) is 21.4. The summed E-state index contributed by atoms with van der Waals surface area (Å²) in [5.41, 5.74) is -0.462. The number of carbonyl (C=O) groups excluding carboxylic acids is 1. The fraction of sp³-hybridized carbons (Fsp3) is 0.917. The van der Waals surface area contributed by atoms with Crippen molar-refractivity contribution in [1.82, 2.24) is 10.2 Å². The average molecular weight is 246 g/mol. The van der Waals surface area contributed by atoms with E-state index in [1.165, 1.54) is 0 Å². The number of nitrogens with zero attached hydrogens (tertiary/aromatic N) is 1. The lowest BCUT2D eigenvalue weighted by Gasteiger charge is -2.34. The van der Waals surface area contributed by atoms with E-state index in [9.17, 15) is 9.18 Å². The Kier molecular flexibility index (Phi) is 5.18. The highest BCUT2D eigenvalue weighted by Gasteiger charge is 2.27. The molecule has 1 amide bonds. The summed E-state index contributed by atoms with van der Waals surface area (Å²) in [6, 6.07) is 0.187. The van der Waals surface area contributed by atoms with E-state index in [1.807, 2.05) is 20.8 Å². The molecule has 1 N–H and O–H groups in total. The summed E-state index contributed by atoms with van der Waals surface area (Å²) in [6.45, 7) is 6.88. The van der Waals surface area contributed by atoms with E-state index in [2.05, 4.69) is 5.32 Å². The molecule has 1 fully saturated rings. The summed E-state index contributed by atoms with van der Waals surface area (Å²) in [4.78, 5) is 13.5. The van der Waals surface area contributed by atoms with Crippen LogP contribution in [0.3, 0.4) is 0 Å². The van der Waals surface area contributed by atoms with Crippen molar-refractivity contribution in [2.75, 3.05) is 26.3 Å². The van der Waals surface area contributed by atoms with Crippen LogP contribution < -0.4 is 5.32 Å². The number of rotatable bonds is 3. The highest BCUT2D eigenvalue weighted by molar-refractivity contribution is 5.68. The minimum absolute atomic E-state index is 0.187. The summed E-state index contributed by atoms with van der Waals surface area (Å²) in [5.74, 6) is 0. The second-order valence-electron chi connectivity index (χ2n) is 5.41. The minimum Gasteiger partial charge on any atom is -0.444 e. The van der Waals surface area contributed by atoms with Crippen LogP contribution in [0.15, 0.2) is 0 Å². The van der Waals surface area contributed by atoms with Crippen molar-refractivity contribution in [3.8, 4) is 0 Å². The van der Waals surface area contributed by atoms with Gasteiger partial charge in [-0.15, -0.1) is 0 Å². The topological polar surface area (TPSA) is 41.6 Å². The Morgan fingerprint density at radius 1 is 1.53 bits per heavy atom. The van der Waals surface area contributed by atoms with Crippen molar-refractivity contribution in [3.63, 3.8) is 0 Å². The van der Waals surface area contributed by atoms with Crippen molar-refractivity contribution in [2.45, 2.75) is 45.3 Å². The molecule has 1 aliphatic rings. The zero-order valence-corrected chi connectivity index (χ0v) is 11.0. The molecule has 0 aromatic rings. The Morgan fingerprint density at radius 3 is 2.82 bits per heavy atom. The lowest BCUT2D eigenvalue weighted by atomic mass is 10.1. The summed E-state index contributed by atoms with van der Waals surface area (Å²) >= 11 is 0. The van der Waals surface area contributed by atoms with Crippen molar-refractivity contribution in [1.29, 1.82) is 0 Å². The maximum absolute atomic E-state index is 12.1. The molecule has 1 rings (SSSR count). The summed E-state index contributed by atoms with van der Waals surface area (Å²) in [7, 11) is 0. The van der Waals surface area contributed by atoms with Gasteiger partial charge in [0, 0.05) is 25.7 Å². The zero-order chi connectivity index (χ0) is 12.9. The number of piperidine rings is 1. The fourth-order valence-electron chi connectivity index (χ4n) is 1.89. The molecule has 1 saturated heterocycles. The van der Waals surface area contributed by atoms with E-state index >= 15 is 0 Å². The molecular weight excluding hydrogens is 223 g/mol. The van der Waals surface area contributed by atoms with Gasteiger partial charge in [0.1, 0.15) is 12.3 Å². The SMILES string of the molecule is CC(C)(C)OC(=O)N1CCCC(NCCF)C1. The molecule has 1 aliphatic heterocycles. The van der Waals surface area contributed by atoms with Crippen molar-refractivity contribution in [3.05, 3.63) is 0 Å². The number of nitrogens with one attached hydrogen (secondary N) is 1. The number of likely N-dealkylation sites (tertiary alicyclic amines) is 1. The van der Waals surface area contributed by atoms with Gasteiger partial charge in [0.2, 0.25) is 0 Å². The largest absolute Gasteiger partial charge is 0.444 e. The molecule has 0 bridgehead atoms. The Hall–Kier alpha value is -0.840. The van der Waals surface area contributed by atoms with Crippen LogP contribution in [0.2, 0.25) is 0 Å². The van der Waals surface area contributed by atoms with Gasteiger partial charge in [-0.05, 0) is 33.6 Å². The molecule has 0 aromatic carbocycles. The summed E-state index contributed by atoms with van der Waals surface area (Å²) < 4.78 is 17.4. The third kappa shape index (κ3) is 5.35. The molecule has 1 atom stereocenters. The predicted octanol–water partition coefficient (Wildman–Crippen LogP) is 1.95. The van der Waals surface area contributed by atoms with Crippen molar-refractivity contribution < 1.29 is 13.9 Å². The van der Waals surface area contributed by atoms with Gasteiger partial charge in [-0.25, -0.2) is 9.18 Å². The third-order valence-corrected chi connectivity index (χ3v) is 2.60. The Bertz CT molecular complexity index is 253. The van der Waals surface area contributed by atoms with Gasteiger partial charge in [-0.3, -0.25) is 0 Å². The maximum Gasteiger partial charge on any atom is 0.410 e. The molecule has 1 heterocycles. The molecule has 4 nitrogen and oxygen atoms in total. The van der Waals surface area contributed by atoms with Crippen LogP contribution in [0.25, 0.3) is 0 Å². The van der Waals surface area contributed by atoms with Crippen LogP contribution in [-0.4, -0.2) is 48.9 Å². The molecule has 0 aromatic heterocycles. The molecular formula is C12H23FN2O2. The van der Waals surface area contributed by atoms with E-state index in [1.54, 1.807) is 4.90 Å². The first-order valence-corrected chi connectivity index (χ1v) is 6.19. The molecule has 0 saturated carbocycles. The van der Waals surface area contributed by atoms with E-state index in [-0.39, 0.29) is 18.8 Å². The molecule has 5 heteroatoms. The number of amides is 1. The monoisotopic (exact) mass is 246 g/mol. The van der Waals surface area contributed by atoms with Crippen LogP contribution in [0, 0.1) is 0 Å². The molecule has 0 radical (unpaired) electrons. The Balaban J connectivity index is 2.40. The highest BCUT2D eigenvalue weighted by Crippen LogP contribution is 2.15. The Labute approximate surface area is 102 Å². The number of halogens is 1. The number of hydrogen-bond acceptors (Lipinski definition) is 3. The lowest BCUT2D eigenvalue weighted by molar-refractivity contribution is 0.0187. The van der Waals surface area contributed by atoms with Crippen LogP contribution in [0.5, 0.6) is 0 Å². The van der Waals surface area contributed by atoms with Gasteiger partial charge in [0.25, 0.3) is 0 Å². The maximum atomic E-state index is 12.1. The van der Waals surface area contributed by atoms with Crippen LogP contribution in [0.1, 0.15) is 33.6 Å². The third-order valence-electron chi connectivity index (χ3n) is 2.60. The molecule has 0 aliphatic carbocycles. The standard InChI is InChI=1S/C12H23FN2O2/c1-12(2,3)17-11(16)15-8-4-5-10(9-15)14-7-6-13/h10,14H,4-9H2,1-3H3. The van der Waals surface area contributed by atoms with Gasteiger partial charge in [0.05, 0.1) is 0 Å². The van der Waals surface area contributed by atoms with Crippen LogP contribution >= 0.6 is 0 Å². The second-order valence-corrected chi connectivity index (χ2v) is 5.41. The number of alkyl halides is 1. The molecule has 100 valence electrons. The molecule has 17 heavy (non-hydrogen) atoms. The number of carbonyl (C=O) groups is 1. The van der Waals surface area contributed by atoms with E-state index in [0.717, 1.165) is 19.4 Å². The van der Waals surface area contributed by atoms with Crippen molar-refractivity contribution >= 4 is 6.09 Å². The Morgan fingerprint density at radius 2 is 2.24 bits per heavy atom. The fourth-order valence-corrected chi connectivity index (χ4v) is 1.89. The lowest BCUT2D eigenvalue weighted by Crippen LogP contribution is -2.49. The average Bonchev–Trinajstić information content (AvgIpc) is 2.24. The van der Waals surface area contributed by atoms with Gasteiger partial charge in [0.15, 0.2) is 0 Å². The van der Waals surface area contributed by atoms with E-state index < -0.39 is 5.60 Å². The van der Waals surface area contributed by atoms with Gasteiger partial charge in [-0.1, -0.05) is 0 Å². The first-order valence-electron chi connectivity index (χ1n) is 6.19. The smallest absolute Gasteiger partial charge is 0.410 e. The van der Waals surface area contributed by atoms with Gasteiger partial charge < -0.3 is 15.0 Å². The van der Waals surface area contributed by atoms with E-state index in [4.69, 9.17) is 4.74 Å². The number of ether oxygens (including phenoxy) is 1. The second kappa shape index (κ2) is 6.19. The van der Waals surface area contributed by atoms with Crippen molar-refractivity contribution in [2.24, 2.45) is 0 Å². The van der Waals surface area contributed by atoms with Crippen LogP contribution in [0.4, 0.5) is 9.18 Å². The zero-order valence-electron chi connectivity index (χ0n) is 11.0. The predicted molar refractivity (Wildman–Crippen MR) is 64.8 cm³/mol. The van der Waals surface area contributed by atoms with E-state index in [0.29, 0.717) is 13.1 Å². The molecule has 1 unspecified atom stereocenters. The first kappa shape index (κ1) is 14.2. The summed E-state index contributed by atoms with van der Waals surface area (Å²) in [5, 5.41) is 3.09. The first-order chi connectivity index (χ1) is 7.92.